The van der Waals surface area contributed by atoms with Gasteiger partial charge in [-0.25, -0.2) is 4.79 Å². The smallest absolute Gasteiger partial charge is 0.416 e. The lowest BCUT2D eigenvalue weighted by molar-refractivity contribution is -0.137. The number of nitrogens with one attached hydrogen (secondary N) is 1. The van der Waals surface area contributed by atoms with Crippen molar-refractivity contribution in [3.63, 3.8) is 0 Å². The zero-order valence-corrected chi connectivity index (χ0v) is 14.7. The summed E-state index contributed by atoms with van der Waals surface area (Å²) >= 11 is 0. The summed E-state index contributed by atoms with van der Waals surface area (Å²) in [6.45, 7) is 0.570. The van der Waals surface area contributed by atoms with Crippen LogP contribution in [0, 0.1) is 12.3 Å². The van der Waals surface area contributed by atoms with Gasteiger partial charge in [0.05, 0.1) is 5.56 Å². The van der Waals surface area contributed by atoms with Crippen LogP contribution in [0.2, 0.25) is 0 Å². The number of alkyl carbamates (subject to hydrolysis) is 1. The highest BCUT2D eigenvalue weighted by Crippen LogP contribution is 2.30. The third-order valence-corrected chi connectivity index (χ3v) is 3.86. The van der Waals surface area contributed by atoms with Gasteiger partial charge >= 0.3 is 12.3 Å². The van der Waals surface area contributed by atoms with Crippen LogP contribution in [-0.4, -0.2) is 12.6 Å². The summed E-state index contributed by atoms with van der Waals surface area (Å²) in [6.07, 6.45) is 1.96. The normalized spacial score (nSPS) is 10.9. The van der Waals surface area contributed by atoms with E-state index >= 15 is 0 Å². The lowest BCUT2D eigenvalue weighted by Crippen LogP contribution is -2.25. The molecule has 6 heteroatoms. The molecule has 0 aromatic heterocycles. The highest BCUT2D eigenvalue weighted by molar-refractivity contribution is 5.67. The first-order chi connectivity index (χ1) is 12.9. The highest BCUT2D eigenvalue weighted by atomic mass is 19.4. The van der Waals surface area contributed by atoms with Gasteiger partial charge in [0.2, 0.25) is 0 Å². The van der Waals surface area contributed by atoms with Gasteiger partial charge in [-0.2, -0.15) is 13.2 Å². The number of terminal acetylenes is 1. The fraction of sp³-hybridized carbons (Fsp3) is 0.286. The molecule has 0 aliphatic carbocycles. The maximum Gasteiger partial charge on any atom is 0.416 e. The molecule has 0 heterocycles. The summed E-state index contributed by atoms with van der Waals surface area (Å²) in [7, 11) is 0. The number of carbonyl (C=O) groups is 1. The van der Waals surface area contributed by atoms with Crippen molar-refractivity contribution in [3.8, 4) is 12.3 Å². The minimum absolute atomic E-state index is 0.186. The number of hydrogen-bond donors (Lipinski definition) is 1. The van der Waals surface area contributed by atoms with Crippen LogP contribution in [0.4, 0.5) is 18.0 Å². The third-order valence-electron chi connectivity index (χ3n) is 3.86. The number of aryl methyl sites for hydroxylation is 1. The van der Waals surface area contributed by atoms with E-state index in [1.54, 1.807) is 6.07 Å². The van der Waals surface area contributed by atoms with Gasteiger partial charge in [0.25, 0.3) is 0 Å². The highest BCUT2D eigenvalue weighted by Gasteiger charge is 2.30. The maximum absolute atomic E-state index is 12.9. The molecule has 0 aliphatic rings. The van der Waals surface area contributed by atoms with E-state index in [9.17, 15) is 18.0 Å². The first-order valence-corrected chi connectivity index (χ1v) is 8.51. The Kier molecular flexibility index (Phi) is 7.30. The lowest BCUT2D eigenvalue weighted by atomic mass is 10.0. The van der Waals surface area contributed by atoms with Gasteiger partial charge < -0.3 is 10.1 Å². The first-order valence-electron chi connectivity index (χ1n) is 8.51. The summed E-state index contributed by atoms with van der Waals surface area (Å²) < 4.78 is 43.7. The Labute approximate surface area is 156 Å². The fourth-order valence-electron chi connectivity index (χ4n) is 2.50. The summed E-state index contributed by atoms with van der Waals surface area (Å²) in [5, 5.41) is 2.62. The molecule has 0 bridgehead atoms. The second kappa shape index (κ2) is 9.67. The number of hydrogen-bond acceptors (Lipinski definition) is 2. The van der Waals surface area contributed by atoms with Crippen molar-refractivity contribution in [2.45, 2.75) is 32.0 Å². The van der Waals surface area contributed by atoms with Crippen LogP contribution in [0.3, 0.4) is 0 Å². The third kappa shape index (κ3) is 7.06. The van der Waals surface area contributed by atoms with E-state index in [1.807, 2.05) is 30.3 Å². The SMILES string of the molecule is C#Cc1cc(CCCCNC(=O)OCc2ccccc2)cc(C(F)(F)F)c1. The second-order valence-corrected chi connectivity index (χ2v) is 6.01. The molecule has 0 aliphatic heterocycles. The zero-order chi connectivity index (χ0) is 19.7. The minimum atomic E-state index is -4.42. The van der Waals surface area contributed by atoms with Gasteiger partial charge in [-0.3, -0.25) is 0 Å². The number of unbranched alkanes of at least 4 members (excludes halogenated alkanes) is 1. The summed E-state index contributed by atoms with van der Waals surface area (Å²) in [6, 6.07) is 13.0. The standard InChI is InChI=1S/C21H20F3NO2/c1-2-16-12-18(14-19(13-16)21(22,23)24)10-6-7-11-25-20(26)27-15-17-8-4-3-5-9-17/h1,3-5,8-9,12-14H,6-7,10-11,15H2,(H,25,26). The molecule has 2 rings (SSSR count). The van der Waals surface area contributed by atoms with E-state index in [2.05, 4.69) is 11.2 Å². The van der Waals surface area contributed by atoms with E-state index < -0.39 is 17.8 Å². The fourth-order valence-corrected chi connectivity index (χ4v) is 2.50. The summed E-state index contributed by atoms with van der Waals surface area (Å²) in [5.41, 5.74) is 0.893. The molecule has 0 saturated carbocycles. The number of benzene rings is 2. The topological polar surface area (TPSA) is 38.3 Å². The Bertz CT molecular complexity index is 795. The molecule has 0 saturated heterocycles. The first kappa shape index (κ1) is 20.4. The zero-order valence-electron chi connectivity index (χ0n) is 14.7. The molecular weight excluding hydrogens is 355 g/mol. The van der Waals surface area contributed by atoms with Gasteiger partial charge in [0, 0.05) is 12.1 Å². The average Bonchev–Trinajstić information content (AvgIpc) is 2.66. The summed E-state index contributed by atoms with van der Waals surface area (Å²) in [5.74, 6) is 2.25. The van der Waals surface area contributed by atoms with Crippen LogP contribution < -0.4 is 5.32 Å². The Morgan fingerprint density at radius 1 is 1.07 bits per heavy atom. The van der Waals surface area contributed by atoms with Gasteiger partial charge in [0.15, 0.2) is 0 Å². The van der Waals surface area contributed by atoms with Crippen LogP contribution >= 0.6 is 0 Å². The molecule has 0 radical (unpaired) electrons. The van der Waals surface area contributed by atoms with E-state index in [0.717, 1.165) is 17.7 Å². The van der Waals surface area contributed by atoms with E-state index in [-0.39, 0.29) is 12.2 Å². The molecule has 1 N–H and O–H groups in total. The van der Waals surface area contributed by atoms with E-state index in [1.165, 1.54) is 0 Å². The van der Waals surface area contributed by atoms with Gasteiger partial charge in [-0.1, -0.05) is 36.3 Å². The molecular formula is C21H20F3NO2. The number of rotatable bonds is 7. The monoisotopic (exact) mass is 375 g/mol. The number of alkyl halides is 3. The second-order valence-electron chi connectivity index (χ2n) is 6.01. The minimum Gasteiger partial charge on any atom is -0.445 e. The predicted molar refractivity (Wildman–Crippen MR) is 96.9 cm³/mol. The number of carbonyl (C=O) groups excluding carboxylic acids is 1. The van der Waals surface area contributed by atoms with Gasteiger partial charge in [-0.05, 0) is 48.6 Å². The number of ether oxygens (including phenoxy) is 1. The van der Waals surface area contributed by atoms with E-state index in [4.69, 9.17) is 11.2 Å². The molecule has 0 fully saturated rings. The quantitative estimate of drug-likeness (QED) is 0.550. The Balaban J connectivity index is 1.72. The number of halogens is 3. The largest absolute Gasteiger partial charge is 0.445 e. The van der Waals surface area contributed by atoms with Gasteiger partial charge in [-0.15, -0.1) is 6.42 Å². The van der Waals surface area contributed by atoms with E-state index in [0.29, 0.717) is 31.4 Å². The van der Waals surface area contributed by atoms with Crippen molar-refractivity contribution < 1.29 is 22.7 Å². The number of amides is 1. The van der Waals surface area contributed by atoms with Crippen molar-refractivity contribution in [2.24, 2.45) is 0 Å². The molecule has 2 aromatic carbocycles. The molecule has 142 valence electrons. The molecule has 0 unspecified atom stereocenters. The molecule has 0 spiro atoms. The average molecular weight is 375 g/mol. The van der Waals surface area contributed by atoms with Crippen molar-refractivity contribution in [2.75, 3.05) is 6.54 Å². The van der Waals surface area contributed by atoms with Gasteiger partial charge in [0.1, 0.15) is 6.61 Å². The van der Waals surface area contributed by atoms with Crippen LogP contribution in [0.5, 0.6) is 0 Å². The van der Waals surface area contributed by atoms with Crippen LogP contribution in [0.15, 0.2) is 48.5 Å². The lowest BCUT2D eigenvalue weighted by Gasteiger charge is -2.10. The van der Waals surface area contributed by atoms with Crippen molar-refractivity contribution in [1.29, 1.82) is 0 Å². The van der Waals surface area contributed by atoms with Crippen molar-refractivity contribution in [1.82, 2.24) is 5.32 Å². The molecule has 0 atom stereocenters. The molecule has 1 amide bonds. The van der Waals surface area contributed by atoms with Crippen LogP contribution in [0.1, 0.15) is 35.1 Å². The molecule has 2 aromatic rings. The predicted octanol–water partition coefficient (Wildman–Crippen LogP) is 4.94. The molecule has 3 nitrogen and oxygen atoms in total. The van der Waals surface area contributed by atoms with Crippen molar-refractivity contribution in [3.05, 3.63) is 70.8 Å². The Morgan fingerprint density at radius 2 is 1.81 bits per heavy atom. The maximum atomic E-state index is 12.9. The van der Waals surface area contributed by atoms with Crippen molar-refractivity contribution >= 4 is 6.09 Å². The van der Waals surface area contributed by atoms with Crippen LogP contribution in [-0.2, 0) is 23.9 Å². The Hall–Kier alpha value is -2.94. The molecule has 27 heavy (non-hydrogen) atoms. The Morgan fingerprint density at radius 3 is 2.48 bits per heavy atom. The summed E-state index contributed by atoms with van der Waals surface area (Å²) in [4.78, 5) is 11.6. The van der Waals surface area contributed by atoms with Crippen LogP contribution in [0.25, 0.3) is 0 Å².